The molecule has 1 heterocycles. The number of hydrogen-bond donors (Lipinski definition) is 0. The van der Waals surface area contributed by atoms with Crippen LogP contribution in [0.4, 0.5) is 0 Å². The number of unbranched alkanes of at least 4 members (excludes halogenated alkanes) is 5. The molecule has 1 rings (SSSR count). The summed E-state index contributed by atoms with van der Waals surface area (Å²) in [7, 11) is 0. The number of carbonyl (C=O) groups excluding carboxylic acids is 2. The molecular weight excluding hydrogens is 296 g/mol. The van der Waals surface area contributed by atoms with Crippen LogP contribution in [0.15, 0.2) is 12.2 Å². The minimum Gasteiger partial charge on any atom is -0.465 e. The normalized spacial score (nSPS) is 18.4. The summed E-state index contributed by atoms with van der Waals surface area (Å²) in [6.07, 6.45) is 7.26. The summed E-state index contributed by atoms with van der Waals surface area (Å²) in [4.78, 5) is 23.9. The van der Waals surface area contributed by atoms with Crippen molar-refractivity contribution in [2.24, 2.45) is 5.92 Å². The second kappa shape index (κ2) is 11.2. The van der Waals surface area contributed by atoms with E-state index >= 15 is 0 Å². The van der Waals surface area contributed by atoms with Gasteiger partial charge in [-0.2, -0.15) is 0 Å². The van der Waals surface area contributed by atoms with Gasteiger partial charge in [0.2, 0.25) is 0 Å². The lowest BCUT2D eigenvalue weighted by atomic mass is 10.0. The molecule has 0 amide bonds. The monoisotopic (exact) mass is 326 g/mol. The summed E-state index contributed by atoms with van der Waals surface area (Å²) >= 11 is 0. The van der Waals surface area contributed by atoms with Crippen molar-refractivity contribution in [1.82, 2.24) is 0 Å². The van der Waals surface area contributed by atoms with E-state index in [1.165, 1.54) is 25.7 Å². The largest absolute Gasteiger partial charge is 0.465 e. The number of rotatable bonds is 11. The van der Waals surface area contributed by atoms with Crippen molar-refractivity contribution in [1.29, 1.82) is 0 Å². The highest BCUT2D eigenvalue weighted by Crippen LogP contribution is 2.16. The molecule has 5 nitrogen and oxygen atoms in total. The molecule has 0 aromatic carbocycles. The molecule has 23 heavy (non-hydrogen) atoms. The smallest absolute Gasteiger partial charge is 0.334 e. The summed E-state index contributed by atoms with van der Waals surface area (Å²) in [6, 6.07) is 0. The number of hydrogen-bond acceptors (Lipinski definition) is 5. The van der Waals surface area contributed by atoms with Crippen LogP contribution in [0.2, 0.25) is 0 Å². The highest BCUT2D eigenvalue weighted by atomic mass is 16.6. The molecule has 0 bridgehead atoms. The minimum atomic E-state index is -0.676. The molecule has 5 heteroatoms. The molecule has 0 spiro atoms. The van der Waals surface area contributed by atoms with E-state index in [-0.39, 0.29) is 11.7 Å². The van der Waals surface area contributed by atoms with E-state index in [4.69, 9.17) is 14.2 Å². The first kappa shape index (κ1) is 19.7. The van der Waals surface area contributed by atoms with Crippen molar-refractivity contribution in [3.8, 4) is 0 Å². The van der Waals surface area contributed by atoms with Gasteiger partial charge in [-0.25, -0.2) is 4.79 Å². The van der Waals surface area contributed by atoms with Gasteiger partial charge in [-0.15, -0.1) is 0 Å². The van der Waals surface area contributed by atoms with Gasteiger partial charge in [-0.1, -0.05) is 45.6 Å². The van der Waals surface area contributed by atoms with Crippen LogP contribution in [0, 0.1) is 5.92 Å². The minimum absolute atomic E-state index is 0.143. The zero-order valence-corrected chi connectivity index (χ0v) is 14.5. The Morgan fingerprint density at radius 3 is 2.57 bits per heavy atom. The molecule has 1 aliphatic heterocycles. The van der Waals surface area contributed by atoms with Crippen LogP contribution in [-0.2, 0) is 23.8 Å². The van der Waals surface area contributed by atoms with E-state index in [1.807, 2.05) is 0 Å². The van der Waals surface area contributed by atoms with Crippen LogP contribution >= 0.6 is 0 Å². The fraction of sp³-hybridized carbons (Fsp3) is 0.778. The molecule has 2 atom stereocenters. The van der Waals surface area contributed by atoms with Gasteiger partial charge >= 0.3 is 11.9 Å². The molecule has 0 radical (unpaired) electrons. The zero-order chi connectivity index (χ0) is 17.1. The molecule has 2 unspecified atom stereocenters. The summed E-state index contributed by atoms with van der Waals surface area (Å²) < 4.78 is 15.6. The van der Waals surface area contributed by atoms with Crippen LogP contribution in [0.1, 0.15) is 58.8 Å². The Labute approximate surface area is 139 Å². The van der Waals surface area contributed by atoms with Gasteiger partial charge in [0.1, 0.15) is 6.10 Å². The van der Waals surface area contributed by atoms with Gasteiger partial charge in [-0.3, -0.25) is 4.79 Å². The van der Waals surface area contributed by atoms with E-state index in [1.54, 1.807) is 6.92 Å². The fourth-order valence-corrected chi connectivity index (χ4v) is 2.33. The molecule has 0 saturated carbocycles. The van der Waals surface area contributed by atoms with Gasteiger partial charge in [0.25, 0.3) is 0 Å². The fourth-order valence-electron chi connectivity index (χ4n) is 2.33. The Bertz CT molecular complexity index is 385. The third kappa shape index (κ3) is 7.64. The number of carbonyl (C=O) groups is 2. The molecule has 1 aliphatic rings. The third-order valence-corrected chi connectivity index (χ3v) is 4.04. The number of ether oxygens (including phenoxy) is 3. The van der Waals surface area contributed by atoms with E-state index < -0.39 is 17.9 Å². The van der Waals surface area contributed by atoms with Gasteiger partial charge in [0.05, 0.1) is 25.7 Å². The SMILES string of the molecule is C=C(C(=O)OC1CCOC1)C(C)C(=O)OCCCCCCCC. The van der Waals surface area contributed by atoms with E-state index in [2.05, 4.69) is 13.5 Å². The summed E-state index contributed by atoms with van der Waals surface area (Å²) in [6.45, 7) is 8.89. The van der Waals surface area contributed by atoms with Crippen LogP contribution in [-0.4, -0.2) is 37.9 Å². The first-order chi connectivity index (χ1) is 11.1. The Balaban J connectivity index is 2.18. The van der Waals surface area contributed by atoms with Crippen molar-refractivity contribution in [3.63, 3.8) is 0 Å². The lowest BCUT2D eigenvalue weighted by molar-refractivity contribution is -0.151. The average molecular weight is 326 g/mol. The van der Waals surface area contributed by atoms with Crippen LogP contribution in [0.3, 0.4) is 0 Å². The third-order valence-electron chi connectivity index (χ3n) is 4.04. The Morgan fingerprint density at radius 2 is 1.91 bits per heavy atom. The van der Waals surface area contributed by atoms with E-state index in [0.29, 0.717) is 26.2 Å². The van der Waals surface area contributed by atoms with Crippen LogP contribution in [0.25, 0.3) is 0 Å². The lowest BCUT2D eigenvalue weighted by Gasteiger charge is -2.15. The molecule has 1 fully saturated rings. The average Bonchev–Trinajstić information content (AvgIpc) is 3.05. The molecule has 0 aromatic rings. The van der Waals surface area contributed by atoms with Gasteiger partial charge in [-0.05, 0) is 13.3 Å². The van der Waals surface area contributed by atoms with Gasteiger partial charge in [0.15, 0.2) is 0 Å². The zero-order valence-electron chi connectivity index (χ0n) is 14.5. The second-order valence-corrected chi connectivity index (χ2v) is 6.07. The predicted molar refractivity (Wildman–Crippen MR) is 88.0 cm³/mol. The Hall–Kier alpha value is -1.36. The van der Waals surface area contributed by atoms with Crippen LogP contribution in [0.5, 0.6) is 0 Å². The summed E-state index contributed by atoms with van der Waals surface area (Å²) in [5, 5.41) is 0. The highest BCUT2D eigenvalue weighted by molar-refractivity contribution is 5.94. The Kier molecular flexibility index (Phi) is 9.60. The van der Waals surface area contributed by atoms with Crippen molar-refractivity contribution < 1.29 is 23.8 Å². The molecule has 0 aliphatic carbocycles. The van der Waals surface area contributed by atoms with Gasteiger partial charge < -0.3 is 14.2 Å². The predicted octanol–water partition coefficient (Wildman–Crippen LogP) is 3.41. The van der Waals surface area contributed by atoms with Crippen molar-refractivity contribution in [2.75, 3.05) is 19.8 Å². The van der Waals surface area contributed by atoms with Crippen molar-refractivity contribution in [2.45, 2.75) is 64.9 Å². The molecule has 0 aromatic heterocycles. The quantitative estimate of drug-likeness (QED) is 0.331. The maximum absolute atomic E-state index is 11.9. The van der Waals surface area contributed by atoms with Crippen LogP contribution < -0.4 is 0 Å². The summed E-state index contributed by atoms with van der Waals surface area (Å²) in [5.74, 6) is -1.63. The number of esters is 2. The maximum Gasteiger partial charge on any atom is 0.334 e. The molecular formula is C18H30O5. The van der Waals surface area contributed by atoms with E-state index in [9.17, 15) is 9.59 Å². The maximum atomic E-state index is 11.9. The van der Waals surface area contributed by atoms with Crippen molar-refractivity contribution in [3.05, 3.63) is 12.2 Å². The topological polar surface area (TPSA) is 61.8 Å². The lowest BCUT2D eigenvalue weighted by Crippen LogP contribution is -2.26. The van der Waals surface area contributed by atoms with E-state index in [0.717, 1.165) is 12.8 Å². The molecule has 132 valence electrons. The standard InChI is InChI=1S/C18H30O5/c1-4-5-6-7-8-9-11-22-17(19)14(2)15(3)18(20)23-16-10-12-21-13-16/h14,16H,3-13H2,1-2H3. The highest BCUT2D eigenvalue weighted by Gasteiger charge is 2.27. The molecule has 0 N–H and O–H groups in total. The first-order valence-corrected chi connectivity index (χ1v) is 8.70. The Morgan fingerprint density at radius 1 is 1.22 bits per heavy atom. The second-order valence-electron chi connectivity index (χ2n) is 6.07. The summed E-state index contributed by atoms with van der Waals surface area (Å²) in [5.41, 5.74) is 0.143. The first-order valence-electron chi connectivity index (χ1n) is 8.70. The molecule has 1 saturated heterocycles. The van der Waals surface area contributed by atoms with Crippen molar-refractivity contribution >= 4 is 11.9 Å². The van der Waals surface area contributed by atoms with Gasteiger partial charge in [0, 0.05) is 12.0 Å².